The molecule has 0 unspecified atom stereocenters. The minimum absolute atomic E-state index is 0.0279. The Morgan fingerprint density at radius 3 is 2.67 bits per heavy atom. The van der Waals surface area contributed by atoms with Gasteiger partial charge < -0.3 is 9.47 Å². The van der Waals surface area contributed by atoms with E-state index in [2.05, 4.69) is 4.98 Å². The third-order valence-electron chi connectivity index (χ3n) is 4.16. The second kappa shape index (κ2) is 6.46. The van der Waals surface area contributed by atoms with Crippen LogP contribution >= 0.6 is 0 Å². The minimum Gasteiger partial charge on any atom is -0.341 e. The van der Waals surface area contributed by atoms with Gasteiger partial charge in [-0.25, -0.2) is 22.2 Å². The summed E-state index contributed by atoms with van der Waals surface area (Å²) in [7, 11) is -3.06. The molecule has 24 heavy (non-hydrogen) atoms. The fourth-order valence-electron chi connectivity index (χ4n) is 2.85. The zero-order valence-corrected chi connectivity index (χ0v) is 13.7. The summed E-state index contributed by atoms with van der Waals surface area (Å²) in [5.74, 6) is -0.327. The number of amides is 1. The van der Waals surface area contributed by atoms with Crippen LogP contribution in [0.2, 0.25) is 0 Å². The second-order valence-corrected chi connectivity index (χ2v) is 8.02. The summed E-state index contributed by atoms with van der Waals surface area (Å²) < 4.78 is 50.6. The van der Waals surface area contributed by atoms with Gasteiger partial charge in [-0.1, -0.05) is 0 Å². The molecule has 0 saturated carbocycles. The molecule has 3 heterocycles. The maximum Gasteiger partial charge on any atom is 0.278 e. The molecule has 0 N–H and O–H groups in total. The summed E-state index contributed by atoms with van der Waals surface area (Å²) in [6, 6.07) is 4.74. The molecule has 2 aromatic rings. The number of pyridine rings is 1. The Hall–Kier alpha value is -2.03. The van der Waals surface area contributed by atoms with Crippen LogP contribution in [0.15, 0.2) is 24.4 Å². The van der Waals surface area contributed by atoms with E-state index in [1.807, 2.05) is 0 Å². The molecular formula is C15H17F2N3O3S. The molecule has 1 aliphatic heterocycles. The Bertz CT molecular complexity index is 850. The topological polar surface area (TPSA) is 72.3 Å². The molecule has 0 atom stereocenters. The monoisotopic (exact) mass is 357 g/mol. The Morgan fingerprint density at radius 2 is 2.00 bits per heavy atom. The Balaban J connectivity index is 1.73. The van der Waals surface area contributed by atoms with Gasteiger partial charge in [0, 0.05) is 37.6 Å². The number of alkyl halides is 2. The zero-order chi connectivity index (χ0) is 17.3. The minimum atomic E-state index is -3.06. The number of nitrogens with zero attached hydrogens (tertiary/aromatic N) is 3. The van der Waals surface area contributed by atoms with Gasteiger partial charge in [0.05, 0.1) is 17.2 Å². The number of fused-ring (bicyclic) bond motifs is 1. The first-order valence-electron chi connectivity index (χ1n) is 7.58. The first kappa shape index (κ1) is 16.8. The fraction of sp³-hybridized carbons (Fsp3) is 0.467. The van der Waals surface area contributed by atoms with Crippen molar-refractivity contribution in [2.45, 2.75) is 19.4 Å². The highest BCUT2D eigenvalue weighted by Crippen LogP contribution is 2.26. The molecule has 2 aromatic heterocycles. The largest absolute Gasteiger partial charge is 0.341 e. The predicted octanol–water partition coefficient (Wildman–Crippen LogP) is 1.62. The summed E-state index contributed by atoms with van der Waals surface area (Å²) in [5.41, 5.74) is 0.250. The highest BCUT2D eigenvalue weighted by molar-refractivity contribution is 7.91. The van der Waals surface area contributed by atoms with Gasteiger partial charge >= 0.3 is 0 Å². The number of carbonyl (C=O) groups excluding carboxylic acids is 1. The maximum atomic E-state index is 13.2. The van der Waals surface area contributed by atoms with E-state index in [9.17, 15) is 22.0 Å². The number of sulfone groups is 1. The predicted molar refractivity (Wildman–Crippen MR) is 84.5 cm³/mol. The molecule has 1 fully saturated rings. The molecule has 0 bridgehead atoms. The van der Waals surface area contributed by atoms with Gasteiger partial charge in [-0.2, -0.15) is 0 Å². The first-order valence-corrected chi connectivity index (χ1v) is 9.40. The van der Waals surface area contributed by atoms with E-state index in [-0.39, 0.29) is 49.2 Å². The summed E-state index contributed by atoms with van der Waals surface area (Å²) in [6.45, 7) is 0.406. The van der Waals surface area contributed by atoms with E-state index < -0.39 is 16.3 Å². The molecule has 6 nitrogen and oxygen atoms in total. The van der Waals surface area contributed by atoms with Crippen LogP contribution in [-0.4, -0.2) is 53.4 Å². The van der Waals surface area contributed by atoms with E-state index in [1.165, 1.54) is 21.7 Å². The number of hydrogen-bond acceptors (Lipinski definition) is 4. The Kier molecular flexibility index (Phi) is 4.53. The number of halogens is 2. The van der Waals surface area contributed by atoms with Crippen molar-refractivity contribution in [1.82, 2.24) is 14.5 Å². The van der Waals surface area contributed by atoms with Gasteiger partial charge in [0.15, 0.2) is 9.84 Å². The summed E-state index contributed by atoms with van der Waals surface area (Å²) >= 11 is 0. The van der Waals surface area contributed by atoms with Crippen molar-refractivity contribution in [2.75, 3.05) is 24.6 Å². The normalized spacial score (nSPS) is 17.5. The lowest BCUT2D eigenvalue weighted by Gasteiger charge is -2.27. The van der Waals surface area contributed by atoms with Crippen LogP contribution in [0.1, 0.15) is 18.5 Å². The lowest BCUT2D eigenvalue weighted by molar-refractivity contribution is -0.131. The van der Waals surface area contributed by atoms with Gasteiger partial charge in [0.1, 0.15) is 5.65 Å². The van der Waals surface area contributed by atoms with Crippen LogP contribution in [0.4, 0.5) is 8.78 Å². The standard InChI is InChI=1S/C15H17F2N3O3S/c16-14(17)12-10-11-2-1-4-18-15(11)20(12)5-3-13(21)19-6-8-24(22,23)9-7-19/h1-2,4,10,14H,3,5-9H2. The lowest BCUT2D eigenvalue weighted by Crippen LogP contribution is -2.43. The van der Waals surface area contributed by atoms with E-state index in [0.717, 1.165) is 0 Å². The highest BCUT2D eigenvalue weighted by atomic mass is 32.2. The van der Waals surface area contributed by atoms with Crippen molar-refractivity contribution in [3.8, 4) is 0 Å². The lowest BCUT2D eigenvalue weighted by atomic mass is 10.3. The third kappa shape index (κ3) is 3.40. The van der Waals surface area contributed by atoms with Crippen molar-refractivity contribution < 1.29 is 22.0 Å². The molecule has 1 aliphatic rings. The fourth-order valence-corrected chi connectivity index (χ4v) is 4.05. The average Bonchev–Trinajstić information content (AvgIpc) is 2.91. The van der Waals surface area contributed by atoms with E-state index in [4.69, 9.17) is 0 Å². The quantitative estimate of drug-likeness (QED) is 0.834. The van der Waals surface area contributed by atoms with Crippen molar-refractivity contribution in [3.63, 3.8) is 0 Å². The molecular weight excluding hydrogens is 340 g/mol. The van der Waals surface area contributed by atoms with E-state index in [1.54, 1.807) is 12.1 Å². The summed E-state index contributed by atoms with van der Waals surface area (Å²) in [4.78, 5) is 17.8. The summed E-state index contributed by atoms with van der Waals surface area (Å²) in [6.07, 6.45) is -1.11. The van der Waals surface area contributed by atoms with Gasteiger partial charge in [-0.05, 0) is 18.2 Å². The molecule has 0 spiro atoms. The zero-order valence-electron chi connectivity index (χ0n) is 12.9. The van der Waals surface area contributed by atoms with Crippen LogP contribution in [-0.2, 0) is 21.2 Å². The molecule has 1 amide bonds. The molecule has 9 heteroatoms. The average molecular weight is 357 g/mol. The number of rotatable bonds is 4. The number of aromatic nitrogens is 2. The Labute approximate surface area is 138 Å². The molecule has 130 valence electrons. The van der Waals surface area contributed by atoms with E-state index in [0.29, 0.717) is 11.0 Å². The van der Waals surface area contributed by atoms with Gasteiger partial charge in [-0.3, -0.25) is 4.79 Å². The van der Waals surface area contributed by atoms with Crippen molar-refractivity contribution in [3.05, 3.63) is 30.1 Å². The van der Waals surface area contributed by atoms with Crippen LogP contribution in [0.25, 0.3) is 11.0 Å². The van der Waals surface area contributed by atoms with Gasteiger partial charge in [-0.15, -0.1) is 0 Å². The smallest absolute Gasteiger partial charge is 0.278 e. The van der Waals surface area contributed by atoms with Crippen molar-refractivity contribution in [2.24, 2.45) is 0 Å². The number of aryl methyl sites for hydroxylation is 1. The molecule has 0 radical (unpaired) electrons. The molecule has 3 rings (SSSR count). The molecule has 0 aromatic carbocycles. The summed E-state index contributed by atoms with van der Waals surface area (Å²) in [5, 5.41) is 0.601. The van der Waals surface area contributed by atoms with Crippen molar-refractivity contribution >= 4 is 26.8 Å². The molecule has 0 aliphatic carbocycles. The van der Waals surface area contributed by atoms with Gasteiger partial charge in [0.2, 0.25) is 5.91 Å². The van der Waals surface area contributed by atoms with Crippen LogP contribution in [0, 0.1) is 0 Å². The third-order valence-corrected chi connectivity index (χ3v) is 5.77. The SMILES string of the molecule is O=C(CCn1c(C(F)F)cc2cccnc21)N1CCS(=O)(=O)CC1. The second-order valence-electron chi connectivity index (χ2n) is 5.72. The molecule has 1 saturated heterocycles. The highest BCUT2D eigenvalue weighted by Gasteiger charge is 2.25. The number of carbonyl (C=O) groups is 1. The first-order chi connectivity index (χ1) is 11.4. The maximum absolute atomic E-state index is 13.2. The number of hydrogen-bond donors (Lipinski definition) is 0. The van der Waals surface area contributed by atoms with Crippen LogP contribution in [0.5, 0.6) is 0 Å². The van der Waals surface area contributed by atoms with Crippen LogP contribution in [0.3, 0.4) is 0 Å². The van der Waals surface area contributed by atoms with Crippen molar-refractivity contribution in [1.29, 1.82) is 0 Å². The van der Waals surface area contributed by atoms with Crippen LogP contribution < -0.4 is 0 Å². The Morgan fingerprint density at radius 1 is 1.29 bits per heavy atom. The van der Waals surface area contributed by atoms with Gasteiger partial charge in [0.25, 0.3) is 6.43 Å². The van der Waals surface area contributed by atoms with E-state index >= 15 is 0 Å².